The molecule has 0 aromatic carbocycles. The van der Waals surface area contributed by atoms with Crippen LogP contribution in [0, 0.1) is 0 Å². The molecule has 6 nitrogen and oxygen atoms in total. The predicted molar refractivity (Wildman–Crippen MR) is 73.3 cm³/mol. The number of nitrogens with one attached hydrogen (secondary N) is 1. The number of primary amides is 1. The van der Waals surface area contributed by atoms with Gasteiger partial charge >= 0.3 is 0 Å². The highest BCUT2D eigenvalue weighted by molar-refractivity contribution is 5.95. The first-order valence-corrected chi connectivity index (χ1v) is 6.92. The Morgan fingerprint density at radius 2 is 2.05 bits per heavy atom. The van der Waals surface area contributed by atoms with Crippen LogP contribution in [0.5, 0.6) is 0 Å². The fourth-order valence-electron chi connectivity index (χ4n) is 2.36. The van der Waals surface area contributed by atoms with Crippen LogP contribution in [0.2, 0.25) is 0 Å². The van der Waals surface area contributed by atoms with E-state index in [4.69, 9.17) is 5.73 Å². The molecule has 19 heavy (non-hydrogen) atoms. The van der Waals surface area contributed by atoms with E-state index in [1.54, 1.807) is 6.20 Å². The van der Waals surface area contributed by atoms with Gasteiger partial charge in [0.2, 0.25) is 0 Å². The Morgan fingerprint density at radius 1 is 1.32 bits per heavy atom. The molecule has 0 unspecified atom stereocenters. The van der Waals surface area contributed by atoms with E-state index in [1.807, 2.05) is 0 Å². The molecule has 0 radical (unpaired) electrons. The van der Waals surface area contributed by atoms with Gasteiger partial charge in [-0.25, -0.2) is 9.97 Å². The van der Waals surface area contributed by atoms with Gasteiger partial charge in [0, 0.05) is 19.1 Å². The number of nitrogens with zero attached hydrogens (tertiary/aromatic N) is 3. The molecule has 6 heteroatoms. The number of nitrogens with two attached hydrogens (primary N) is 1. The van der Waals surface area contributed by atoms with Gasteiger partial charge in [-0.3, -0.25) is 4.79 Å². The maximum atomic E-state index is 11.4. The predicted octanol–water partition coefficient (Wildman–Crippen LogP) is 1.14. The third kappa shape index (κ3) is 2.77. The molecule has 0 spiro atoms. The Balaban J connectivity index is 1.86. The largest absolute Gasteiger partial charge is 0.365 e. The number of piperidine rings is 1. The van der Waals surface area contributed by atoms with Crippen LogP contribution in [0.15, 0.2) is 6.20 Å². The quantitative estimate of drug-likeness (QED) is 0.849. The Morgan fingerprint density at radius 3 is 2.68 bits per heavy atom. The summed E-state index contributed by atoms with van der Waals surface area (Å²) >= 11 is 0. The molecule has 1 aliphatic heterocycles. The monoisotopic (exact) mass is 261 g/mol. The molecule has 2 aliphatic rings. The molecular formula is C13H19N5O. The number of amides is 1. The molecule has 1 aromatic heterocycles. The van der Waals surface area contributed by atoms with Crippen LogP contribution >= 0.6 is 0 Å². The van der Waals surface area contributed by atoms with E-state index in [1.165, 1.54) is 19.3 Å². The number of hydrogen-bond acceptors (Lipinski definition) is 5. The van der Waals surface area contributed by atoms with Gasteiger partial charge in [-0.1, -0.05) is 0 Å². The zero-order valence-electron chi connectivity index (χ0n) is 10.9. The molecule has 3 rings (SSSR count). The van der Waals surface area contributed by atoms with E-state index >= 15 is 0 Å². The van der Waals surface area contributed by atoms with E-state index in [2.05, 4.69) is 20.2 Å². The number of carbonyl (C=O) groups is 1. The first-order valence-electron chi connectivity index (χ1n) is 6.92. The van der Waals surface area contributed by atoms with Crippen LogP contribution in [-0.4, -0.2) is 35.0 Å². The van der Waals surface area contributed by atoms with Crippen LogP contribution in [0.3, 0.4) is 0 Å². The van der Waals surface area contributed by atoms with Gasteiger partial charge in [0.25, 0.3) is 5.91 Å². The van der Waals surface area contributed by atoms with Gasteiger partial charge in [-0.2, -0.15) is 0 Å². The number of aromatic nitrogens is 2. The summed E-state index contributed by atoms with van der Waals surface area (Å²) in [5.74, 6) is 0.853. The maximum absolute atomic E-state index is 11.4. The first kappa shape index (κ1) is 12.2. The third-order valence-corrected chi connectivity index (χ3v) is 3.59. The normalized spacial score (nSPS) is 19.3. The first-order chi connectivity index (χ1) is 9.24. The van der Waals surface area contributed by atoms with E-state index in [0.717, 1.165) is 31.7 Å². The van der Waals surface area contributed by atoms with Gasteiger partial charge in [0.15, 0.2) is 11.5 Å². The van der Waals surface area contributed by atoms with Crippen LogP contribution in [0.1, 0.15) is 42.6 Å². The van der Waals surface area contributed by atoms with Crippen LogP contribution in [-0.2, 0) is 0 Å². The molecule has 102 valence electrons. The van der Waals surface area contributed by atoms with Crippen LogP contribution in [0.25, 0.3) is 0 Å². The van der Waals surface area contributed by atoms with Crippen molar-refractivity contribution in [3.05, 3.63) is 11.9 Å². The highest BCUT2D eigenvalue weighted by atomic mass is 16.1. The second kappa shape index (κ2) is 5.03. The van der Waals surface area contributed by atoms with Crippen molar-refractivity contribution in [1.82, 2.24) is 9.97 Å². The number of hydrogen-bond donors (Lipinski definition) is 2. The van der Waals surface area contributed by atoms with Gasteiger partial charge in [0.1, 0.15) is 5.82 Å². The van der Waals surface area contributed by atoms with Crippen LogP contribution in [0.4, 0.5) is 11.6 Å². The van der Waals surface area contributed by atoms with Crippen LogP contribution < -0.4 is 16.0 Å². The number of carbonyl (C=O) groups excluding carboxylic acids is 1. The summed E-state index contributed by atoms with van der Waals surface area (Å²) in [4.78, 5) is 22.3. The Bertz CT molecular complexity index is 480. The fraction of sp³-hybridized carbons (Fsp3) is 0.615. The molecule has 1 saturated carbocycles. The van der Waals surface area contributed by atoms with Gasteiger partial charge in [0.05, 0.1) is 6.20 Å². The lowest BCUT2D eigenvalue weighted by Gasteiger charge is -2.27. The fourth-order valence-corrected chi connectivity index (χ4v) is 2.36. The molecule has 2 fully saturated rings. The SMILES string of the molecule is NC(=O)c1ncc(N2CCCCC2)nc1NC1CC1. The summed E-state index contributed by atoms with van der Waals surface area (Å²) in [6, 6.07) is 0.420. The second-order valence-corrected chi connectivity index (χ2v) is 5.26. The summed E-state index contributed by atoms with van der Waals surface area (Å²) in [5, 5.41) is 3.24. The molecule has 1 aromatic rings. The molecule has 0 atom stereocenters. The molecule has 1 amide bonds. The summed E-state index contributed by atoms with van der Waals surface area (Å²) in [6.07, 6.45) is 7.54. The lowest BCUT2D eigenvalue weighted by molar-refractivity contribution is 0.0996. The summed E-state index contributed by atoms with van der Waals surface area (Å²) < 4.78 is 0. The smallest absolute Gasteiger partial charge is 0.271 e. The zero-order chi connectivity index (χ0) is 13.2. The van der Waals surface area contributed by atoms with Crippen molar-refractivity contribution in [3.63, 3.8) is 0 Å². The number of rotatable bonds is 4. The van der Waals surface area contributed by atoms with Crippen molar-refractivity contribution in [2.24, 2.45) is 5.73 Å². The minimum absolute atomic E-state index is 0.243. The average Bonchev–Trinajstić information content (AvgIpc) is 3.23. The Kier molecular flexibility index (Phi) is 3.23. The van der Waals surface area contributed by atoms with Gasteiger partial charge in [-0.15, -0.1) is 0 Å². The van der Waals surface area contributed by atoms with Crippen molar-refractivity contribution in [1.29, 1.82) is 0 Å². The Labute approximate surface area is 112 Å². The van der Waals surface area contributed by atoms with Gasteiger partial charge in [-0.05, 0) is 32.1 Å². The molecule has 1 saturated heterocycles. The second-order valence-electron chi connectivity index (χ2n) is 5.26. The van der Waals surface area contributed by atoms with Crippen molar-refractivity contribution in [2.45, 2.75) is 38.1 Å². The molecule has 0 bridgehead atoms. The topological polar surface area (TPSA) is 84.1 Å². The molecule has 2 heterocycles. The van der Waals surface area contributed by atoms with Crippen molar-refractivity contribution in [2.75, 3.05) is 23.3 Å². The van der Waals surface area contributed by atoms with E-state index in [9.17, 15) is 4.79 Å². The van der Waals surface area contributed by atoms with E-state index < -0.39 is 5.91 Å². The highest BCUT2D eigenvalue weighted by Gasteiger charge is 2.25. The van der Waals surface area contributed by atoms with Crippen molar-refractivity contribution in [3.8, 4) is 0 Å². The van der Waals surface area contributed by atoms with Crippen molar-refractivity contribution < 1.29 is 4.79 Å². The minimum atomic E-state index is -0.527. The van der Waals surface area contributed by atoms with Gasteiger partial charge < -0.3 is 16.0 Å². The average molecular weight is 261 g/mol. The molecular weight excluding hydrogens is 242 g/mol. The standard InChI is InChI=1S/C13H19N5O/c14-12(19)11-13(16-9-4-5-9)17-10(8-15-11)18-6-2-1-3-7-18/h8-9H,1-7H2,(H2,14,19)(H,16,17). The van der Waals surface area contributed by atoms with E-state index in [0.29, 0.717) is 11.9 Å². The molecule has 3 N–H and O–H groups in total. The highest BCUT2D eigenvalue weighted by Crippen LogP contribution is 2.26. The summed E-state index contributed by atoms with van der Waals surface area (Å²) in [6.45, 7) is 2.01. The zero-order valence-corrected chi connectivity index (χ0v) is 10.9. The Hall–Kier alpha value is -1.85. The van der Waals surface area contributed by atoms with E-state index in [-0.39, 0.29) is 5.69 Å². The van der Waals surface area contributed by atoms with Crippen molar-refractivity contribution >= 4 is 17.5 Å². The third-order valence-electron chi connectivity index (χ3n) is 3.59. The summed E-state index contributed by atoms with van der Waals surface area (Å²) in [5.41, 5.74) is 5.59. The summed E-state index contributed by atoms with van der Waals surface area (Å²) in [7, 11) is 0. The lowest BCUT2D eigenvalue weighted by atomic mass is 10.1. The maximum Gasteiger partial charge on any atom is 0.271 e. The minimum Gasteiger partial charge on any atom is -0.365 e. The number of anilines is 2. The lowest BCUT2D eigenvalue weighted by Crippen LogP contribution is -2.31. The molecule has 1 aliphatic carbocycles.